The van der Waals surface area contributed by atoms with E-state index in [1.165, 1.54) is 11.1 Å². The Morgan fingerprint density at radius 1 is 1.18 bits per heavy atom. The highest BCUT2D eigenvalue weighted by molar-refractivity contribution is 5.60. The molecule has 1 aromatic rings. The molecule has 0 N–H and O–H groups in total. The minimum absolute atomic E-state index is 0.0196. The van der Waals surface area contributed by atoms with Crippen molar-refractivity contribution in [2.24, 2.45) is 0 Å². The maximum atomic E-state index is 13.3. The Labute approximate surface area is 101 Å². The third kappa shape index (κ3) is 2.43. The zero-order chi connectivity index (χ0) is 12.5. The van der Waals surface area contributed by atoms with Gasteiger partial charge in [0.25, 0.3) is 5.92 Å². The topological polar surface area (TPSA) is 3.24 Å². The molecule has 0 spiro atoms. The van der Waals surface area contributed by atoms with Crippen molar-refractivity contribution in [2.45, 2.75) is 39.0 Å². The molecule has 3 heteroatoms. The quantitative estimate of drug-likeness (QED) is 0.778. The number of halogens is 2. The van der Waals surface area contributed by atoms with Gasteiger partial charge in [-0.3, -0.25) is 0 Å². The normalized spacial score (nSPS) is 18.7. The molecule has 1 aliphatic rings. The fourth-order valence-electron chi connectivity index (χ4n) is 2.55. The molecule has 0 amide bonds. The minimum atomic E-state index is -2.52. The van der Waals surface area contributed by atoms with Crippen LogP contribution in [0.15, 0.2) is 18.2 Å². The van der Waals surface area contributed by atoms with Gasteiger partial charge >= 0.3 is 0 Å². The molecular weight excluding hydrogens is 220 g/mol. The summed E-state index contributed by atoms with van der Waals surface area (Å²) in [5, 5.41) is 0. The van der Waals surface area contributed by atoms with E-state index in [-0.39, 0.29) is 13.0 Å². The first-order chi connectivity index (χ1) is 8.07. The first-order valence-corrected chi connectivity index (χ1v) is 6.31. The molecule has 1 heterocycles. The van der Waals surface area contributed by atoms with E-state index in [2.05, 4.69) is 13.8 Å². The number of nitrogens with zero attached hydrogens (tertiary/aromatic N) is 1. The average Bonchev–Trinajstić information content (AvgIpc) is 2.68. The summed E-state index contributed by atoms with van der Waals surface area (Å²) in [7, 11) is 0. The van der Waals surface area contributed by atoms with Gasteiger partial charge in [0, 0.05) is 18.7 Å². The fraction of sp³-hybridized carbons (Fsp3) is 0.571. The monoisotopic (exact) mass is 239 g/mol. The molecule has 17 heavy (non-hydrogen) atoms. The Morgan fingerprint density at radius 2 is 1.76 bits per heavy atom. The Hall–Kier alpha value is -1.12. The Bertz CT molecular complexity index is 379. The van der Waals surface area contributed by atoms with Crippen LogP contribution in [-0.2, 0) is 12.8 Å². The Kier molecular flexibility index (Phi) is 3.36. The number of hydrogen-bond donors (Lipinski definition) is 0. The number of alkyl halides is 2. The lowest BCUT2D eigenvalue weighted by Gasteiger charge is -2.24. The van der Waals surface area contributed by atoms with Crippen LogP contribution >= 0.6 is 0 Å². The van der Waals surface area contributed by atoms with E-state index < -0.39 is 5.92 Å². The van der Waals surface area contributed by atoms with Crippen LogP contribution in [0.5, 0.6) is 0 Å². The molecular formula is C14H19F2N. The predicted octanol–water partition coefficient (Wildman–Crippen LogP) is 3.66. The van der Waals surface area contributed by atoms with Crippen LogP contribution < -0.4 is 4.90 Å². The van der Waals surface area contributed by atoms with Crippen LogP contribution in [0.25, 0.3) is 0 Å². The second-order valence-electron chi connectivity index (χ2n) is 4.66. The van der Waals surface area contributed by atoms with Crippen LogP contribution in [0, 0.1) is 0 Å². The lowest BCUT2D eigenvalue weighted by molar-refractivity contribution is 0.0257. The summed E-state index contributed by atoms with van der Waals surface area (Å²) in [6.45, 7) is 4.49. The van der Waals surface area contributed by atoms with Gasteiger partial charge in [0.2, 0.25) is 0 Å². The zero-order valence-electron chi connectivity index (χ0n) is 10.5. The van der Waals surface area contributed by atoms with Gasteiger partial charge in [-0.2, -0.15) is 0 Å². The summed E-state index contributed by atoms with van der Waals surface area (Å²) in [5.74, 6) is -2.52. The maximum Gasteiger partial charge on any atom is 0.266 e. The molecule has 0 unspecified atom stereocenters. The van der Waals surface area contributed by atoms with Crippen molar-refractivity contribution in [3.05, 3.63) is 29.3 Å². The average molecular weight is 239 g/mol. The van der Waals surface area contributed by atoms with E-state index in [9.17, 15) is 8.78 Å². The van der Waals surface area contributed by atoms with Gasteiger partial charge in [-0.1, -0.05) is 32.0 Å². The van der Waals surface area contributed by atoms with Gasteiger partial charge in [0.1, 0.15) is 0 Å². The zero-order valence-corrected chi connectivity index (χ0v) is 10.5. The third-order valence-electron chi connectivity index (χ3n) is 3.45. The van der Waals surface area contributed by atoms with Crippen molar-refractivity contribution < 1.29 is 8.78 Å². The van der Waals surface area contributed by atoms with Crippen LogP contribution in [0.2, 0.25) is 0 Å². The Balaban J connectivity index is 2.37. The number of benzene rings is 1. The molecule has 94 valence electrons. The smallest absolute Gasteiger partial charge is 0.266 e. The predicted molar refractivity (Wildman–Crippen MR) is 67.0 cm³/mol. The second kappa shape index (κ2) is 4.63. The van der Waals surface area contributed by atoms with Crippen LogP contribution in [-0.4, -0.2) is 19.0 Å². The van der Waals surface area contributed by atoms with Crippen molar-refractivity contribution in [2.75, 3.05) is 18.0 Å². The van der Waals surface area contributed by atoms with Crippen molar-refractivity contribution in [1.29, 1.82) is 0 Å². The van der Waals surface area contributed by atoms with Crippen molar-refractivity contribution in [3.63, 3.8) is 0 Å². The first-order valence-electron chi connectivity index (χ1n) is 6.31. The molecule has 0 bridgehead atoms. The van der Waals surface area contributed by atoms with Crippen molar-refractivity contribution in [1.82, 2.24) is 0 Å². The maximum absolute atomic E-state index is 13.3. The second-order valence-corrected chi connectivity index (χ2v) is 4.66. The van der Waals surface area contributed by atoms with Gasteiger partial charge in [-0.25, -0.2) is 8.78 Å². The highest BCUT2D eigenvalue weighted by atomic mass is 19.3. The molecule has 2 rings (SSSR count). The number of anilines is 1. The third-order valence-corrected chi connectivity index (χ3v) is 3.45. The van der Waals surface area contributed by atoms with Gasteiger partial charge in [-0.15, -0.1) is 0 Å². The van der Waals surface area contributed by atoms with Gasteiger partial charge in [0.15, 0.2) is 0 Å². The summed E-state index contributed by atoms with van der Waals surface area (Å²) >= 11 is 0. The largest absolute Gasteiger partial charge is 0.365 e. The highest BCUT2D eigenvalue weighted by Crippen LogP contribution is 2.35. The standard InChI is InChI=1S/C14H19F2N/c1-3-11-6-5-7-12(4-2)13(11)17-9-8-14(15,16)10-17/h5-7H,3-4,8-10H2,1-2H3. The van der Waals surface area contributed by atoms with Crippen LogP contribution in [0.1, 0.15) is 31.4 Å². The minimum Gasteiger partial charge on any atom is -0.365 e. The Morgan fingerprint density at radius 3 is 2.18 bits per heavy atom. The molecule has 0 atom stereocenters. The van der Waals surface area contributed by atoms with Gasteiger partial charge < -0.3 is 4.90 Å². The molecule has 0 aromatic heterocycles. The molecule has 1 fully saturated rings. The summed E-state index contributed by atoms with van der Waals surface area (Å²) in [6, 6.07) is 6.12. The van der Waals surface area contributed by atoms with Crippen molar-refractivity contribution in [3.8, 4) is 0 Å². The molecule has 1 aromatic carbocycles. The molecule has 0 radical (unpaired) electrons. The van der Waals surface area contributed by atoms with E-state index >= 15 is 0 Å². The summed E-state index contributed by atoms with van der Waals surface area (Å²) in [6.07, 6.45) is 1.77. The lowest BCUT2D eigenvalue weighted by Crippen LogP contribution is -2.26. The number of aryl methyl sites for hydroxylation is 2. The number of hydrogen-bond acceptors (Lipinski definition) is 1. The number of rotatable bonds is 3. The van der Waals surface area contributed by atoms with E-state index in [4.69, 9.17) is 0 Å². The van der Waals surface area contributed by atoms with Gasteiger partial charge in [0.05, 0.1) is 6.54 Å². The first kappa shape index (κ1) is 12.3. The van der Waals surface area contributed by atoms with E-state index in [1.54, 1.807) is 0 Å². The van der Waals surface area contributed by atoms with E-state index in [1.807, 2.05) is 23.1 Å². The summed E-state index contributed by atoms with van der Waals surface area (Å²) in [5.41, 5.74) is 3.42. The van der Waals surface area contributed by atoms with E-state index in [0.29, 0.717) is 6.54 Å². The number of para-hydroxylation sites is 1. The van der Waals surface area contributed by atoms with Crippen molar-refractivity contribution >= 4 is 5.69 Å². The van der Waals surface area contributed by atoms with Crippen LogP contribution in [0.4, 0.5) is 14.5 Å². The summed E-state index contributed by atoms with van der Waals surface area (Å²) < 4.78 is 26.6. The molecule has 1 nitrogen and oxygen atoms in total. The van der Waals surface area contributed by atoms with Crippen LogP contribution in [0.3, 0.4) is 0 Å². The fourth-order valence-corrected chi connectivity index (χ4v) is 2.55. The highest BCUT2D eigenvalue weighted by Gasteiger charge is 2.39. The summed E-state index contributed by atoms with van der Waals surface area (Å²) in [4.78, 5) is 1.86. The molecule has 1 saturated heterocycles. The molecule has 1 aliphatic heterocycles. The molecule has 0 saturated carbocycles. The van der Waals surface area contributed by atoms with Gasteiger partial charge in [-0.05, 0) is 24.0 Å². The molecule has 0 aliphatic carbocycles. The van der Waals surface area contributed by atoms with E-state index in [0.717, 1.165) is 18.5 Å². The lowest BCUT2D eigenvalue weighted by atomic mass is 10.0. The SMILES string of the molecule is CCc1cccc(CC)c1N1CCC(F)(F)C1.